The van der Waals surface area contributed by atoms with Gasteiger partial charge in [0.2, 0.25) is 29.5 Å². The summed E-state index contributed by atoms with van der Waals surface area (Å²) in [4.78, 5) is 58.0. The second-order valence-corrected chi connectivity index (χ2v) is 42.4. The predicted octanol–water partition coefficient (Wildman–Crippen LogP) is 20.6. The lowest BCUT2D eigenvalue weighted by Crippen LogP contribution is -2.49. The number of amides is 5. The molecule has 5 amide bonds. The Hall–Kier alpha value is -11.6. The van der Waals surface area contributed by atoms with Crippen LogP contribution >= 0.6 is 58.8 Å². The van der Waals surface area contributed by atoms with E-state index >= 15 is 0 Å². The molecule has 10 N–H and O–H groups in total. The van der Waals surface area contributed by atoms with E-state index in [9.17, 15) is 89.8 Å². The van der Waals surface area contributed by atoms with Crippen molar-refractivity contribution in [1.82, 2.24) is 25.0 Å². The molecule has 20 nitrogen and oxygen atoms in total. The molecule has 0 saturated heterocycles. The van der Waals surface area contributed by atoms with Crippen molar-refractivity contribution in [3.05, 3.63) is 353 Å². The second-order valence-electron chi connectivity index (χ2n) is 36.4. The van der Waals surface area contributed by atoms with Gasteiger partial charge in [-0.15, -0.1) is 0 Å². The fourth-order valence-corrected chi connectivity index (χ4v) is 29.5. The average Bonchev–Trinajstić information content (AvgIpc) is 1.63. The zero-order valence-corrected chi connectivity index (χ0v) is 83.0. The van der Waals surface area contributed by atoms with Crippen molar-refractivity contribution in [2.75, 3.05) is 32.7 Å². The molecule has 10 aliphatic rings. The maximum atomic E-state index is 14.5. The van der Waals surface area contributed by atoms with Gasteiger partial charge in [-0.05, 0) is 348 Å². The lowest BCUT2D eigenvalue weighted by molar-refractivity contribution is -0.135. The second kappa shape index (κ2) is 43.8. The van der Waals surface area contributed by atoms with Crippen molar-refractivity contribution in [1.29, 1.82) is 0 Å². The molecule has 0 fully saturated rings. The van der Waals surface area contributed by atoms with Gasteiger partial charge in [-0.3, -0.25) is 24.0 Å². The first-order valence-corrected chi connectivity index (χ1v) is 51.0. The van der Waals surface area contributed by atoms with Crippen LogP contribution in [0.4, 0.5) is 65.9 Å². The molecule has 20 rings (SSSR count). The zero-order chi connectivity index (χ0) is 104. The van der Waals surface area contributed by atoms with Gasteiger partial charge in [0, 0.05) is 80.6 Å². The maximum Gasteiger partial charge on any atom is 0.241 e. The summed E-state index contributed by atoms with van der Waals surface area (Å²) in [6, 6.07) is 39.6. The van der Waals surface area contributed by atoms with Gasteiger partial charge < -0.3 is 28.7 Å². The zero-order valence-electron chi connectivity index (χ0n) is 79.0. The Morgan fingerprint density at radius 2 is 0.448 bits per heavy atom. The van der Waals surface area contributed by atoms with E-state index < -0.39 is 112 Å². The molecule has 145 heavy (non-hydrogen) atoms. The molecule has 40 heteroatoms. The number of thioether (sulfide) groups is 5. The number of carbonyl (C=O) groups is 5. The summed E-state index contributed by atoms with van der Waals surface area (Å²) in [7, 11) is 0. The lowest BCUT2D eigenvalue weighted by atomic mass is 9.77. The minimum absolute atomic E-state index is 0.0674. The number of hydrazone groups is 5. The van der Waals surface area contributed by atoms with Crippen LogP contribution in [0.15, 0.2) is 207 Å². The molecule has 5 heterocycles. The first kappa shape index (κ1) is 106. The molecule has 5 spiro atoms. The van der Waals surface area contributed by atoms with Crippen LogP contribution in [-0.2, 0) is 80.4 Å². The number of rotatable bonds is 15. The third kappa shape index (κ3) is 20.3. The predicted molar refractivity (Wildman–Crippen MR) is 533 cm³/mol. The Balaban J connectivity index is 0.000000130. The minimum atomic E-state index is -1.02. The molecule has 10 aromatic rings. The van der Waals surface area contributed by atoms with E-state index in [4.69, 9.17) is 28.7 Å². The van der Waals surface area contributed by atoms with Crippen LogP contribution in [0.3, 0.4) is 0 Å². The Kier molecular flexibility index (Phi) is 32.1. The first-order valence-electron chi connectivity index (χ1n) is 47.0. The summed E-state index contributed by atoms with van der Waals surface area (Å²) in [5, 5.41) is 30.5. The van der Waals surface area contributed by atoms with Gasteiger partial charge in [0.15, 0.2) is 23.3 Å². The fraction of sp³-hybridized carbons (Fsp3) is 0.333. The van der Waals surface area contributed by atoms with Crippen LogP contribution in [0.2, 0.25) is 0 Å². The van der Waals surface area contributed by atoms with E-state index in [2.05, 4.69) is 25.5 Å². The molecular formula is C105H100F15N15O5S5. The third-order valence-electron chi connectivity index (χ3n) is 27.5. The van der Waals surface area contributed by atoms with Gasteiger partial charge in [-0.25, -0.2) is 90.9 Å². The smallest absolute Gasteiger partial charge is 0.241 e. The van der Waals surface area contributed by atoms with E-state index in [1.165, 1.54) is 209 Å². The van der Waals surface area contributed by atoms with E-state index in [1.54, 1.807) is 30.3 Å². The number of hydrogen-bond donors (Lipinski definition) is 5. The van der Waals surface area contributed by atoms with E-state index in [-0.39, 0.29) is 90.9 Å². The number of fused-ring (bicyclic) bond motifs is 10. The molecule has 0 unspecified atom stereocenters. The van der Waals surface area contributed by atoms with Crippen molar-refractivity contribution in [2.45, 2.75) is 155 Å². The molecule has 0 bridgehead atoms. The number of nitrogens with zero attached hydrogens (tertiary/aromatic N) is 10. The average molecular weight is 2100 g/mol. The monoisotopic (exact) mass is 2100 g/mol. The topological polar surface area (TPSA) is 293 Å². The van der Waals surface area contributed by atoms with Crippen LogP contribution in [-0.4, -0.2) is 113 Å². The molecule has 10 atom stereocenters. The summed E-state index contributed by atoms with van der Waals surface area (Å²) in [6.45, 7) is 8.92. The molecular weight excluding hydrogens is 2000 g/mol. The van der Waals surface area contributed by atoms with Crippen LogP contribution in [0, 0.1) is 117 Å². The lowest BCUT2D eigenvalue weighted by Gasteiger charge is -2.45. The maximum absolute atomic E-state index is 14.5. The van der Waals surface area contributed by atoms with Crippen LogP contribution in [0.1, 0.15) is 182 Å². The summed E-state index contributed by atoms with van der Waals surface area (Å²) in [5.74, 6) is -12.4. The van der Waals surface area contributed by atoms with E-state index in [0.717, 1.165) is 153 Å². The van der Waals surface area contributed by atoms with Gasteiger partial charge in [0.05, 0.1) is 0 Å². The Morgan fingerprint density at radius 1 is 0.255 bits per heavy atom. The van der Waals surface area contributed by atoms with Crippen LogP contribution in [0.5, 0.6) is 0 Å². The Labute approximate surface area is 847 Å². The number of halogens is 15. The van der Waals surface area contributed by atoms with E-state index in [0.29, 0.717) is 114 Å². The SMILES string of the molecule is CC(=O)N1N=C(c2ccc(F)c(F)c2)S[C@@]12c1cc(F)ccc1CC[C@H]2CCN.CC(=O)N1N=C(c2ccc(F)c(F)c2)S[C@]12c1cc(F)ccc1CC[C@@H]2CCN.CC(=O)N1N=C(c2ccc(F)cc2F)S[C@@]12c1cc(F)ccc1CC[C@@H]2CCN.CC(=O)N1N=C(c2ccc(F)cc2F)S[C@@]12c1cc(F)ccc1CC[C@H]2CCN.CC(=O)N1N=C(c2ccc(F)cc2F)S[C@]12c1cc(F)ccc1CC[C@H]2CCN. The minimum Gasteiger partial charge on any atom is -0.330 e. The molecule has 5 aliphatic heterocycles. The van der Waals surface area contributed by atoms with E-state index in [1.807, 2.05) is 0 Å². The van der Waals surface area contributed by atoms with Gasteiger partial charge >= 0.3 is 0 Å². The molecule has 0 aromatic heterocycles. The molecule has 10 aromatic carbocycles. The van der Waals surface area contributed by atoms with Gasteiger partial charge in [0.1, 0.15) is 114 Å². The highest BCUT2D eigenvalue weighted by atomic mass is 32.2. The number of carbonyl (C=O) groups excluding carboxylic acids is 5. The van der Waals surface area contributed by atoms with Crippen LogP contribution < -0.4 is 28.7 Å². The van der Waals surface area contributed by atoms with Crippen molar-refractivity contribution < 1.29 is 89.8 Å². The summed E-state index contributed by atoms with van der Waals surface area (Å²) in [5.41, 5.74) is 38.3. The normalized spacial score (nSPS) is 23.3. The third-order valence-corrected chi connectivity index (χ3v) is 35.2. The summed E-state index contributed by atoms with van der Waals surface area (Å²) < 4.78 is 209. The van der Waals surface area contributed by atoms with Crippen molar-refractivity contribution >= 4 is 114 Å². The summed E-state index contributed by atoms with van der Waals surface area (Å²) in [6.07, 6.45) is 10.4. The number of nitrogens with two attached hydrogens (primary N) is 5. The highest BCUT2D eigenvalue weighted by molar-refractivity contribution is 8.16. The highest BCUT2D eigenvalue weighted by Gasteiger charge is 2.62. The molecule has 0 saturated carbocycles. The number of hydrogen-bond acceptors (Lipinski definition) is 20. The highest BCUT2D eigenvalue weighted by Crippen LogP contribution is 2.64. The van der Waals surface area contributed by atoms with Crippen molar-refractivity contribution in [2.24, 2.45) is 83.8 Å². The molecule has 760 valence electrons. The molecule has 0 radical (unpaired) electrons. The molecule has 5 aliphatic carbocycles. The first-order chi connectivity index (χ1) is 69.3. The summed E-state index contributed by atoms with van der Waals surface area (Å²) >= 11 is 6.20. The number of benzene rings is 10. The van der Waals surface area contributed by atoms with Gasteiger partial charge in [-0.2, -0.15) is 25.5 Å². The van der Waals surface area contributed by atoms with Gasteiger partial charge in [-0.1, -0.05) is 89.1 Å². The van der Waals surface area contributed by atoms with Crippen molar-refractivity contribution in [3.8, 4) is 0 Å². The Bertz CT molecular complexity index is 6390. The van der Waals surface area contributed by atoms with Gasteiger partial charge in [0.25, 0.3) is 0 Å². The number of aryl methyl sites for hydroxylation is 5. The standard InChI is InChI=1S/5C21H20F3N3OS/c2*1-12(28)27-21(29-20(26-27)14-4-7-18(23)19(24)10-14)15(8-9-25)5-2-13-3-6-16(22)11-17(13)21;3*1-12(28)27-21(29-20(26-27)17-7-6-16(23)11-19(17)24)14(8-9-25)4-2-13-3-5-15(22)10-18(13)21/h2*3-4,6-7,10-11,15H,2,5,8-9,25H2,1H3;3*3,5-7,10-11,14H,2,4,8-9,25H2,1H3/t2*15-,21-;2*14-,21+;14-,21-/m10100/s1. The Morgan fingerprint density at radius 3 is 0.641 bits per heavy atom. The fourth-order valence-electron chi connectivity index (χ4n) is 21.3. The largest absolute Gasteiger partial charge is 0.330 e. The van der Waals surface area contributed by atoms with Crippen molar-refractivity contribution in [3.63, 3.8) is 0 Å². The quantitative estimate of drug-likeness (QED) is 0.0596. The van der Waals surface area contributed by atoms with Crippen LogP contribution in [0.25, 0.3) is 0 Å².